The fraction of sp³-hybridized carbons (Fsp3) is 0.538. The zero-order chi connectivity index (χ0) is 22.2. The standard InChI is InChI=1S/C26H36N4O2/c1-19(31)17-24(22-8-7-20-11-16-32-25(20)18-22)28-15-4-13-27-12-3-6-23-10-9-21-5-2-14-29-26(21)30-23/h7-10,18,24,27-28H,2-6,11-17H2,1H3,(H,29,30). The predicted molar refractivity (Wildman–Crippen MR) is 129 cm³/mol. The molecule has 6 nitrogen and oxygen atoms in total. The smallest absolute Gasteiger partial charge is 0.131 e. The lowest BCUT2D eigenvalue weighted by Gasteiger charge is -2.19. The third-order valence-electron chi connectivity index (χ3n) is 6.27. The second-order valence-corrected chi connectivity index (χ2v) is 8.93. The van der Waals surface area contributed by atoms with Crippen molar-refractivity contribution in [3.63, 3.8) is 0 Å². The van der Waals surface area contributed by atoms with Crippen molar-refractivity contribution in [3.05, 3.63) is 52.7 Å². The Labute approximate surface area is 191 Å². The lowest BCUT2D eigenvalue weighted by molar-refractivity contribution is -0.117. The molecule has 1 unspecified atom stereocenters. The van der Waals surface area contributed by atoms with Crippen LogP contribution in [0.1, 0.15) is 61.0 Å². The summed E-state index contributed by atoms with van der Waals surface area (Å²) in [4.78, 5) is 16.5. The highest BCUT2D eigenvalue weighted by Crippen LogP contribution is 2.29. The number of pyridine rings is 1. The normalized spacial score (nSPS) is 15.4. The number of hydrogen-bond donors (Lipinski definition) is 3. The van der Waals surface area contributed by atoms with Crippen LogP contribution in [0.5, 0.6) is 5.75 Å². The van der Waals surface area contributed by atoms with Crippen LogP contribution in [0.15, 0.2) is 30.3 Å². The van der Waals surface area contributed by atoms with Gasteiger partial charge in [-0.2, -0.15) is 0 Å². The van der Waals surface area contributed by atoms with E-state index in [9.17, 15) is 4.79 Å². The van der Waals surface area contributed by atoms with Crippen LogP contribution in [0, 0.1) is 0 Å². The van der Waals surface area contributed by atoms with Crippen molar-refractivity contribution in [3.8, 4) is 5.75 Å². The van der Waals surface area contributed by atoms with Crippen LogP contribution in [-0.4, -0.2) is 43.6 Å². The Kier molecular flexibility index (Phi) is 8.13. The van der Waals surface area contributed by atoms with E-state index >= 15 is 0 Å². The number of anilines is 1. The molecule has 0 spiro atoms. The summed E-state index contributed by atoms with van der Waals surface area (Å²) < 4.78 is 5.70. The van der Waals surface area contributed by atoms with Crippen LogP contribution in [0.3, 0.4) is 0 Å². The highest BCUT2D eigenvalue weighted by molar-refractivity contribution is 5.76. The monoisotopic (exact) mass is 436 g/mol. The Morgan fingerprint density at radius 2 is 2.00 bits per heavy atom. The second-order valence-electron chi connectivity index (χ2n) is 8.93. The fourth-order valence-electron chi connectivity index (χ4n) is 4.51. The Morgan fingerprint density at radius 3 is 2.91 bits per heavy atom. The van der Waals surface area contributed by atoms with Gasteiger partial charge in [0, 0.05) is 31.1 Å². The Morgan fingerprint density at radius 1 is 1.12 bits per heavy atom. The summed E-state index contributed by atoms with van der Waals surface area (Å²) in [7, 11) is 0. The molecule has 1 aromatic carbocycles. The first-order chi connectivity index (χ1) is 15.7. The SMILES string of the molecule is CC(=O)CC(NCCCNCCCc1ccc2c(n1)NCCC2)c1ccc2c(c1)OCC2. The van der Waals surface area contributed by atoms with E-state index in [1.54, 1.807) is 6.92 Å². The number of fused-ring (bicyclic) bond motifs is 2. The molecule has 1 atom stereocenters. The van der Waals surface area contributed by atoms with E-state index in [-0.39, 0.29) is 11.8 Å². The number of hydrogen-bond acceptors (Lipinski definition) is 6. The van der Waals surface area contributed by atoms with Gasteiger partial charge in [0.1, 0.15) is 17.4 Å². The Balaban J connectivity index is 1.14. The maximum absolute atomic E-state index is 11.8. The molecule has 3 N–H and O–H groups in total. The molecule has 0 fully saturated rings. The molecule has 172 valence electrons. The van der Waals surface area contributed by atoms with E-state index in [4.69, 9.17) is 9.72 Å². The van der Waals surface area contributed by atoms with Crippen LogP contribution in [0.25, 0.3) is 0 Å². The van der Waals surface area contributed by atoms with Crippen LogP contribution >= 0.6 is 0 Å². The highest BCUT2D eigenvalue weighted by Gasteiger charge is 2.18. The molecular weight excluding hydrogens is 400 g/mol. The zero-order valence-electron chi connectivity index (χ0n) is 19.2. The number of rotatable bonds is 12. The number of carbonyl (C=O) groups excluding carboxylic acids is 1. The van der Waals surface area contributed by atoms with Crippen LogP contribution in [0.2, 0.25) is 0 Å². The minimum Gasteiger partial charge on any atom is -0.493 e. The molecule has 2 aromatic rings. The van der Waals surface area contributed by atoms with Crippen molar-refractivity contribution in [1.82, 2.24) is 15.6 Å². The average Bonchev–Trinajstić information content (AvgIpc) is 3.27. The van der Waals surface area contributed by atoms with Crippen molar-refractivity contribution in [2.75, 3.05) is 38.1 Å². The number of Topliss-reactive ketones (excluding diaryl/α,β-unsaturated/α-hetero) is 1. The van der Waals surface area contributed by atoms with E-state index in [1.807, 2.05) is 0 Å². The number of ketones is 1. The van der Waals surface area contributed by atoms with Gasteiger partial charge < -0.3 is 20.7 Å². The maximum Gasteiger partial charge on any atom is 0.131 e. The molecule has 2 aliphatic rings. The highest BCUT2D eigenvalue weighted by atomic mass is 16.5. The summed E-state index contributed by atoms with van der Waals surface area (Å²) in [5.74, 6) is 2.26. The van der Waals surface area contributed by atoms with E-state index in [1.165, 1.54) is 23.2 Å². The molecule has 3 heterocycles. The van der Waals surface area contributed by atoms with Gasteiger partial charge in [-0.05, 0) is 87.5 Å². The van der Waals surface area contributed by atoms with Gasteiger partial charge in [0.05, 0.1) is 6.61 Å². The third kappa shape index (κ3) is 6.30. The molecule has 1 aromatic heterocycles. The summed E-state index contributed by atoms with van der Waals surface area (Å²) in [6.07, 6.45) is 6.93. The molecule has 0 radical (unpaired) electrons. The van der Waals surface area contributed by atoms with Crippen molar-refractivity contribution >= 4 is 11.6 Å². The van der Waals surface area contributed by atoms with Gasteiger partial charge in [-0.25, -0.2) is 4.98 Å². The van der Waals surface area contributed by atoms with E-state index in [0.717, 1.165) is 82.0 Å². The molecule has 0 aliphatic carbocycles. The summed E-state index contributed by atoms with van der Waals surface area (Å²) in [6, 6.07) is 10.8. The van der Waals surface area contributed by atoms with Gasteiger partial charge in [0.15, 0.2) is 0 Å². The van der Waals surface area contributed by atoms with E-state index < -0.39 is 0 Å². The van der Waals surface area contributed by atoms with Crippen LogP contribution in [0.4, 0.5) is 5.82 Å². The molecular formula is C26H36N4O2. The zero-order valence-corrected chi connectivity index (χ0v) is 19.2. The number of carbonyl (C=O) groups is 1. The predicted octanol–water partition coefficient (Wildman–Crippen LogP) is 3.60. The van der Waals surface area contributed by atoms with Crippen LogP contribution < -0.4 is 20.7 Å². The summed E-state index contributed by atoms with van der Waals surface area (Å²) in [5, 5.41) is 10.5. The molecule has 6 heteroatoms. The molecule has 0 saturated carbocycles. The van der Waals surface area contributed by atoms with E-state index in [2.05, 4.69) is 46.3 Å². The fourth-order valence-corrected chi connectivity index (χ4v) is 4.51. The number of benzene rings is 1. The van der Waals surface area contributed by atoms with Gasteiger partial charge in [0.2, 0.25) is 0 Å². The first kappa shape index (κ1) is 22.7. The van der Waals surface area contributed by atoms with Crippen molar-refractivity contribution in [2.24, 2.45) is 0 Å². The van der Waals surface area contributed by atoms with Gasteiger partial charge >= 0.3 is 0 Å². The number of aryl methyl sites for hydroxylation is 2. The van der Waals surface area contributed by atoms with Gasteiger partial charge in [0.25, 0.3) is 0 Å². The van der Waals surface area contributed by atoms with Crippen molar-refractivity contribution in [1.29, 1.82) is 0 Å². The van der Waals surface area contributed by atoms with Crippen molar-refractivity contribution < 1.29 is 9.53 Å². The number of nitrogens with one attached hydrogen (secondary N) is 3. The number of ether oxygens (including phenoxy) is 1. The molecule has 4 rings (SSSR count). The summed E-state index contributed by atoms with van der Waals surface area (Å²) in [5.41, 5.74) is 4.93. The van der Waals surface area contributed by atoms with E-state index in [0.29, 0.717) is 6.42 Å². The first-order valence-electron chi connectivity index (χ1n) is 12.1. The minimum absolute atomic E-state index is 0.0469. The Bertz CT molecular complexity index is 915. The largest absolute Gasteiger partial charge is 0.493 e. The summed E-state index contributed by atoms with van der Waals surface area (Å²) in [6.45, 7) is 6.28. The topological polar surface area (TPSA) is 75.3 Å². The quantitative estimate of drug-likeness (QED) is 0.442. The lowest BCUT2D eigenvalue weighted by atomic mass is 9.99. The first-order valence-corrected chi connectivity index (χ1v) is 12.1. The molecule has 2 aliphatic heterocycles. The maximum atomic E-state index is 11.8. The van der Waals surface area contributed by atoms with Crippen molar-refractivity contribution in [2.45, 2.75) is 57.9 Å². The second kappa shape index (κ2) is 11.4. The Hall–Kier alpha value is -2.44. The van der Waals surface area contributed by atoms with Gasteiger partial charge in [-0.15, -0.1) is 0 Å². The summed E-state index contributed by atoms with van der Waals surface area (Å²) >= 11 is 0. The molecule has 0 saturated heterocycles. The molecule has 0 bridgehead atoms. The molecule has 0 amide bonds. The lowest BCUT2D eigenvalue weighted by Crippen LogP contribution is -2.27. The van der Waals surface area contributed by atoms with Crippen LogP contribution in [-0.2, 0) is 24.1 Å². The third-order valence-corrected chi connectivity index (χ3v) is 6.27. The number of aromatic nitrogens is 1. The van der Waals surface area contributed by atoms with Gasteiger partial charge in [-0.1, -0.05) is 18.2 Å². The number of nitrogens with zero attached hydrogens (tertiary/aromatic N) is 1. The average molecular weight is 437 g/mol. The minimum atomic E-state index is 0.0469. The van der Waals surface area contributed by atoms with Gasteiger partial charge in [-0.3, -0.25) is 4.79 Å². The molecule has 32 heavy (non-hydrogen) atoms.